The van der Waals surface area contributed by atoms with E-state index in [4.69, 9.17) is 0 Å². The predicted octanol–water partition coefficient (Wildman–Crippen LogP) is 1.67. The fourth-order valence-electron chi connectivity index (χ4n) is 2.03. The van der Waals surface area contributed by atoms with Crippen molar-refractivity contribution < 1.29 is 19.1 Å². The van der Waals surface area contributed by atoms with E-state index in [1.165, 1.54) is 24.3 Å². The number of nitrogens with one attached hydrogen (secondary N) is 2. The lowest BCUT2D eigenvalue weighted by molar-refractivity contribution is -0.126. The van der Waals surface area contributed by atoms with Gasteiger partial charge in [0.2, 0.25) is 11.8 Å². The van der Waals surface area contributed by atoms with E-state index >= 15 is 0 Å². The lowest BCUT2D eigenvalue weighted by Crippen LogP contribution is -2.41. The molecule has 1 rings (SSSR count). The fourth-order valence-corrected chi connectivity index (χ4v) is 2.03. The van der Waals surface area contributed by atoms with Gasteiger partial charge in [0.15, 0.2) is 0 Å². The van der Waals surface area contributed by atoms with Gasteiger partial charge in [-0.25, -0.2) is 4.39 Å². The van der Waals surface area contributed by atoms with Crippen LogP contribution in [0.2, 0.25) is 0 Å². The van der Waals surface area contributed by atoms with Crippen molar-refractivity contribution in [2.45, 2.75) is 45.3 Å². The second kappa shape index (κ2) is 9.15. The highest BCUT2D eigenvalue weighted by Crippen LogP contribution is 2.18. The topological polar surface area (TPSA) is 78.4 Å². The van der Waals surface area contributed by atoms with Crippen LogP contribution in [0.4, 0.5) is 4.39 Å². The molecule has 2 atom stereocenters. The van der Waals surface area contributed by atoms with Gasteiger partial charge in [-0.05, 0) is 37.5 Å². The average Bonchev–Trinajstić information content (AvgIpc) is 2.46. The Morgan fingerprint density at radius 1 is 1.23 bits per heavy atom. The van der Waals surface area contributed by atoms with Crippen LogP contribution >= 0.6 is 0 Å². The molecule has 0 saturated heterocycles. The van der Waals surface area contributed by atoms with Gasteiger partial charge in [-0.2, -0.15) is 0 Å². The number of hydrogen-bond acceptors (Lipinski definition) is 3. The van der Waals surface area contributed by atoms with Crippen LogP contribution in [0.15, 0.2) is 24.3 Å². The number of hydrogen-bond donors (Lipinski definition) is 3. The zero-order chi connectivity index (χ0) is 16.5. The quantitative estimate of drug-likeness (QED) is 0.683. The fraction of sp³-hybridized carbons (Fsp3) is 0.500. The molecule has 0 bridgehead atoms. The van der Waals surface area contributed by atoms with E-state index in [0.29, 0.717) is 18.4 Å². The van der Waals surface area contributed by atoms with Crippen molar-refractivity contribution in [1.29, 1.82) is 0 Å². The number of benzene rings is 1. The van der Waals surface area contributed by atoms with Crippen molar-refractivity contribution in [3.8, 4) is 0 Å². The average molecular weight is 310 g/mol. The summed E-state index contributed by atoms with van der Waals surface area (Å²) in [6.07, 6.45) is 0.644. The van der Waals surface area contributed by atoms with Crippen LogP contribution in [0, 0.1) is 5.82 Å². The molecule has 22 heavy (non-hydrogen) atoms. The van der Waals surface area contributed by atoms with E-state index in [2.05, 4.69) is 10.6 Å². The summed E-state index contributed by atoms with van der Waals surface area (Å²) in [4.78, 5) is 22.9. The van der Waals surface area contributed by atoms with E-state index in [1.807, 2.05) is 6.92 Å². The summed E-state index contributed by atoms with van der Waals surface area (Å²) >= 11 is 0. The van der Waals surface area contributed by atoms with E-state index in [0.717, 1.165) is 6.42 Å². The molecular weight excluding hydrogens is 287 g/mol. The molecule has 0 aliphatic heterocycles. The lowest BCUT2D eigenvalue weighted by atomic mass is 10.0. The van der Waals surface area contributed by atoms with Crippen LogP contribution in [0.5, 0.6) is 0 Å². The second-order valence-electron chi connectivity index (χ2n) is 5.30. The number of rotatable bonds is 8. The molecule has 0 heterocycles. The molecule has 0 spiro atoms. The highest BCUT2D eigenvalue weighted by molar-refractivity contribution is 5.84. The maximum absolute atomic E-state index is 12.8. The van der Waals surface area contributed by atoms with Crippen LogP contribution < -0.4 is 10.6 Å². The van der Waals surface area contributed by atoms with E-state index in [-0.39, 0.29) is 30.2 Å². The monoisotopic (exact) mass is 310 g/mol. The third-order valence-corrected chi connectivity index (χ3v) is 3.16. The van der Waals surface area contributed by atoms with Crippen molar-refractivity contribution in [3.05, 3.63) is 35.6 Å². The molecular formula is C16H23FN2O3. The van der Waals surface area contributed by atoms with Gasteiger partial charge in [0.1, 0.15) is 5.82 Å². The third kappa shape index (κ3) is 6.67. The first-order valence-corrected chi connectivity index (χ1v) is 7.42. The van der Waals surface area contributed by atoms with Crippen molar-refractivity contribution in [3.63, 3.8) is 0 Å². The third-order valence-electron chi connectivity index (χ3n) is 3.16. The Hall–Kier alpha value is -1.95. The molecule has 2 amide bonds. The van der Waals surface area contributed by atoms with Gasteiger partial charge >= 0.3 is 0 Å². The first-order chi connectivity index (χ1) is 10.4. The first-order valence-electron chi connectivity index (χ1n) is 7.42. The Morgan fingerprint density at radius 2 is 1.86 bits per heavy atom. The van der Waals surface area contributed by atoms with Gasteiger partial charge in [0.05, 0.1) is 12.6 Å². The van der Waals surface area contributed by atoms with E-state index in [1.54, 1.807) is 6.92 Å². The van der Waals surface area contributed by atoms with Gasteiger partial charge in [0.25, 0.3) is 0 Å². The molecule has 5 nitrogen and oxygen atoms in total. The van der Waals surface area contributed by atoms with Gasteiger partial charge in [-0.3, -0.25) is 9.59 Å². The van der Waals surface area contributed by atoms with E-state index < -0.39 is 6.10 Å². The molecule has 6 heteroatoms. The molecule has 122 valence electrons. The maximum atomic E-state index is 12.8. The molecule has 0 aliphatic rings. The van der Waals surface area contributed by atoms with Gasteiger partial charge < -0.3 is 15.7 Å². The van der Waals surface area contributed by atoms with Crippen LogP contribution in [0.25, 0.3) is 0 Å². The summed E-state index contributed by atoms with van der Waals surface area (Å²) in [7, 11) is 0. The lowest BCUT2D eigenvalue weighted by Gasteiger charge is -2.18. The first kappa shape index (κ1) is 18.1. The van der Waals surface area contributed by atoms with Crippen molar-refractivity contribution in [2.75, 3.05) is 6.54 Å². The highest BCUT2D eigenvalue weighted by Gasteiger charge is 2.15. The number of carbonyl (C=O) groups excluding carboxylic acids is 2. The van der Waals surface area contributed by atoms with Crippen molar-refractivity contribution in [2.24, 2.45) is 0 Å². The van der Waals surface area contributed by atoms with Gasteiger partial charge in [-0.1, -0.05) is 19.1 Å². The standard InChI is InChI=1S/C16H23FN2O3/c1-3-4-15(21)18-10-16(22)19-11(2)9-14(20)12-5-7-13(17)8-6-12/h5-8,11,14,20H,3-4,9-10H2,1-2H3,(H,18,21)(H,19,22). The number of halogens is 1. The molecule has 1 aromatic rings. The zero-order valence-corrected chi connectivity index (χ0v) is 12.9. The minimum Gasteiger partial charge on any atom is -0.388 e. The molecule has 0 radical (unpaired) electrons. The summed E-state index contributed by atoms with van der Waals surface area (Å²) in [5, 5.41) is 15.3. The highest BCUT2D eigenvalue weighted by atomic mass is 19.1. The smallest absolute Gasteiger partial charge is 0.239 e. The Balaban J connectivity index is 2.35. The summed E-state index contributed by atoms with van der Waals surface area (Å²) in [5.41, 5.74) is 0.596. The van der Waals surface area contributed by atoms with E-state index in [9.17, 15) is 19.1 Å². The predicted molar refractivity (Wildman–Crippen MR) is 81.5 cm³/mol. The van der Waals surface area contributed by atoms with Gasteiger partial charge in [0, 0.05) is 12.5 Å². The summed E-state index contributed by atoms with van der Waals surface area (Å²) in [5.74, 6) is -0.819. The SMILES string of the molecule is CCCC(=O)NCC(=O)NC(C)CC(O)c1ccc(F)cc1. The summed E-state index contributed by atoms with van der Waals surface area (Å²) in [6, 6.07) is 5.32. The minimum atomic E-state index is -0.786. The Morgan fingerprint density at radius 3 is 2.45 bits per heavy atom. The van der Waals surface area contributed by atoms with Crippen LogP contribution in [-0.2, 0) is 9.59 Å². The van der Waals surface area contributed by atoms with Crippen LogP contribution in [0.1, 0.15) is 44.8 Å². The maximum Gasteiger partial charge on any atom is 0.239 e. The number of aliphatic hydroxyl groups excluding tert-OH is 1. The summed E-state index contributed by atoms with van der Waals surface area (Å²) in [6.45, 7) is 3.58. The van der Waals surface area contributed by atoms with Crippen molar-refractivity contribution >= 4 is 11.8 Å². The molecule has 0 saturated carbocycles. The molecule has 3 N–H and O–H groups in total. The van der Waals surface area contributed by atoms with Crippen molar-refractivity contribution in [1.82, 2.24) is 10.6 Å². The van der Waals surface area contributed by atoms with Crippen LogP contribution in [0.3, 0.4) is 0 Å². The number of aliphatic hydroxyl groups is 1. The molecule has 2 unspecified atom stereocenters. The second-order valence-corrected chi connectivity index (χ2v) is 5.30. The number of amides is 2. The summed E-state index contributed by atoms with van der Waals surface area (Å²) < 4.78 is 12.8. The molecule has 0 aliphatic carbocycles. The Kier molecular flexibility index (Phi) is 7.52. The molecule has 1 aromatic carbocycles. The molecule has 0 fully saturated rings. The largest absolute Gasteiger partial charge is 0.388 e. The Bertz CT molecular complexity index is 491. The van der Waals surface area contributed by atoms with Gasteiger partial charge in [-0.15, -0.1) is 0 Å². The minimum absolute atomic E-state index is 0.0736. The number of carbonyl (C=O) groups is 2. The van der Waals surface area contributed by atoms with Crippen LogP contribution in [-0.4, -0.2) is 29.5 Å². The molecule has 0 aromatic heterocycles. The Labute approximate surface area is 129 Å². The normalized spacial score (nSPS) is 13.3. The zero-order valence-electron chi connectivity index (χ0n) is 12.9.